The number of amides is 1. The standard InChI is InChI=1S/C15H14N4O5/c1-2-24-13-8-10(7-12(14(13)20)19(22)23)9-17-18-15(21)11-3-5-16-6-4-11/h3-9,20H,2H2,1H3,(H,18,21)/p-1/b17-9-. The second-order valence-electron chi connectivity index (χ2n) is 4.49. The zero-order valence-electron chi connectivity index (χ0n) is 12.6. The molecule has 0 aliphatic carbocycles. The second-order valence-corrected chi connectivity index (χ2v) is 4.49. The van der Waals surface area contributed by atoms with E-state index in [4.69, 9.17) is 4.74 Å². The second kappa shape index (κ2) is 7.68. The molecule has 2 rings (SSSR count). The Morgan fingerprint density at radius 3 is 2.75 bits per heavy atom. The predicted molar refractivity (Wildman–Crippen MR) is 83.0 cm³/mol. The molecular weight excluding hydrogens is 316 g/mol. The van der Waals surface area contributed by atoms with Crippen LogP contribution in [0.5, 0.6) is 11.5 Å². The van der Waals surface area contributed by atoms with E-state index in [1.165, 1.54) is 36.8 Å². The molecular formula is C15H13N4O5-. The molecule has 0 radical (unpaired) electrons. The van der Waals surface area contributed by atoms with Gasteiger partial charge in [-0.15, -0.1) is 0 Å². The van der Waals surface area contributed by atoms with Crippen LogP contribution in [0.2, 0.25) is 0 Å². The molecule has 0 saturated carbocycles. The fourth-order valence-electron chi connectivity index (χ4n) is 1.81. The molecule has 0 bridgehead atoms. The normalized spacial score (nSPS) is 10.5. The van der Waals surface area contributed by atoms with Gasteiger partial charge in [0.1, 0.15) is 5.75 Å². The number of hydrazone groups is 1. The first kappa shape index (κ1) is 16.9. The molecule has 1 amide bonds. The van der Waals surface area contributed by atoms with Crippen molar-refractivity contribution < 1.29 is 19.6 Å². The summed E-state index contributed by atoms with van der Waals surface area (Å²) < 4.78 is 5.09. The number of pyridine rings is 1. The maximum atomic E-state index is 11.8. The summed E-state index contributed by atoms with van der Waals surface area (Å²) in [6.45, 7) is 1.84. The molecule has 9 heteroatoms. The third kappa shape index (κ3) is 4.03. The number of nitro benzene ring substituents is 1. The van der Waals surface area contributed by atoms with Gasteiger partial charge in [-0.1, -0.05) is 0 Å². The van der Waals surface area contributed by atoms with Crippen molar-refractivity contribution in [2.24, 2.45) is 5.10 Å². The van der Waals surface area contributed by atoms with Gasteiger partial charge < -0.3 is 9.84 Å². The first-order valence-corrected chi connectivity index (χ1v) is 6.88. The van der Waals surface area contributed by atoms with Gasteiger partial charge in [0.05, 0.1) is 17.7 Å². The first-order chi connectivity index (χ1) is 11.5. The molecule has 2 aromatic rings. The summed E-state index contributed by atoms with van der Waals surface area (Å²) in [4.78, 5) is 25.7. The third-order valence-corrected chi connectivity index (χ3v) is 2.88. The number of carbonyl (C=O) groups is 1. The third-order valence-electron chi connectivity index (χ3n) is 2.88. The van der Waals surface area contributed by atoms with Crippen molar-refractivity contribution in [2.45, 2.75) is 6.92 Å². The van der Waals surface area contributed by atoms with Crippen LogP contribution in [0.1, 0.15) is 22.8 Å². The van der Waals surface area contributed by atoms with Crippen molar-refractivity contribution in [3.05, 3.63) is 57.9 Å². The Morgan fingerprint density at radius 1 is 1.42 bits per heavy atom. The molecule has 0 unspecified atom stereocenters. The van der Waals surface area contributed by atoms with Crippen LogP contribution in [-0.4, -0.2) is 28.6 Å². The van der Waals surface area contributed by atoms with E-state index in [9.17, 15) is 20.0 Å². The number of rotatable bonds is 6. The number of aromatic nitrogens is 1. The quantitative estimate of drug-likeness (QED) is 0.482. The van der Waals surface area contributed by atoms with E-state index >= 15 is 0 Å². The van der Waals surface area contributed by atoms with Crippen molar-refractivity contribution in [3.63, 3.8) is 0 Å². The molecule has 0 spiro atoms. The molecule has 1 aromatic carbocycles. The van der Waals surface area contributed by atoms with Crippen molar-refractivity contribution in [1.29, 1.82) is 0 Å². The Labute approximate surface area is 136 Å². The highest BCUT2D eigenvalue weighted by Gasteiger charge is 2.13. The monoisotopic (exact) mass is 329 g/mol. The Kier molecular flexibility index (Phi) is 5.40. The molecule has 0 saturated heterocycles. The van der Waals surface area contributed by atoms with E-state index in [1.807, 2.05) is 0 Å². The van der Waals surface area contributed by atoms with Crippen LogP contribution in [0.25, 0.3) is 0 Å². The molecule has 1 N–H and O–H groups in total. The largest absolute Gasteiger partial charge is 0.865 e. The summed E-state index contributed by atoms with van der Waals surface area (Å²) in [5, 5.41) is 26.5. The van der Waals surface area contributed by atoms with Crippen LogP contribution >= 0.6 is 0 Å². The molecule has 1 heterocycles. The van der Waals surface area contributed by atoms with E-state index in [0.29, 0.717) is 5.56 Å². The van der Waals surface area contributed by atoms with Crippen LogP contribution in [0.3, 0.4) is 0 Å². The minimum Gasteiger partial charge on any atom is -0.865 e. The summed E-state index contributed by atoms with van der Waals surface area (Å²) in [5.74, 6) is -1.41. The Hall–Kier alpha value is -3.49. The lowest BCUT2D eigenvalue weighted by Gasteiger charge is -2.14. The lowest BCUT2D eigenvalue weighted by Crippen LogP contribution is -2.17. The van der Waals surface area contributed by atoms with Gasteiger partial charge >= 0.3 is 0 Å². The van der Waals surface area contributed by atoms with Crippen LogP contribution in [0.4, 0.5) is 5.69 Å². The number of nitrogens with zero attached hydrogens (tertiary/aromatic N) is 3. The lowest BCUT2D eigenvalue weighted by atomic mass is 10.2. The smallest absolute Gasteiger partial charge is 0.271 e. The molecule has 9 nitrogen and oxygen atoms in total. The van der Waals surface area contributed by atoms with Crippen molar-refractivity contribution in [3.8, 4) is 11.5 Å². The van der Waals surface area contributed by atoms with Crippen molar-refractivity contribution in [2.75, 3.05) is 6.61 Å². The molecule has 0 atom stereocenters. The van der Waals surface area contributed by atoms with Gasteiger partial charge in [0, 0.05) is 35.3 Å². The van der Waals surface area contributed by atoms with Gasteiger partial charge in [-0.25, -0.2) is 5.43 Å². The van der Waals surface area contributed by atoms with Gasteiger partial charge in [-0.2, -0.15) is 5.10 Å². The van der Waals surface area contributed by atoms with Gasteiger partial charge in [-0.3, -0.25) is 19.9 Å². The molecule has 1 aromatic heterocycles. The van der Waals surface area contributed by atoms with Crippen LogP contribution in [0, 0.1) is 10.1 Å². The fourth-order valence-corrected chi connectivity index (χ4v) is 1.81. The summed E-state index contributed by atoms with van der Waals surface area (Å²) in [7, 11) is 0. The summed E-state index contributed by atoms with van der Waals surface area (Å²) >= 11 is 0. The minimum atomic E-state index is -0.806. The van der Waals surface area contributed by atoms with Gasteiger partial charge in [-0.05, 0) is 25.1 Å². The Bertz CT molecular complexity index is 777. The molecule has 0 aliphatic heterocycles. The Balaban J connectivity index is 2.19. The highest BCUT2D eigenvalue weighted by molar-refractivity contribution is 5.94. The topological polar surface area (TPSA) is 130 Å². The van der Waals surface area contributed by atoms with Crippen LogP contribution in [-0.2, 0) is 0 Å². The molecule has 0 aliphatic rings. The van der Waals surface area contributed by atoms with Crippen molar-refractivity contribution >= 4 is 17.8 Å². The lowest BCUT2D eigenvalue weighted by molar-refractivity contribution is -0.398. The molecule has 124 valence electrons. The zero-order chi connectivity index (χ0) is 17.5. The SMILES string of the molecule is CCOc1cc(/C=N\NC(=O)c2ccncc2)cc([N+](=O)[O-])c1[O-]. The number of ether oxygens (including phenoxy) is 1. The number of benzene rings is 1. The minimum absolute atomic E-state index is 0.145. The number of hydrogen-bond donors (Lipinski definition) is 1. The summed E-state index contributed by atoms with van der Waals surface area (Å²) in [6.07, 6.45) is 4.11. The summed E-state index contributed by atoms with van der Waals surface area (Å²) in [6, 6.07) is 5.40. The highest BCUT2D eigenvalue weighted by Crippen LogP contribution is 2.34. The maximum absolute atomic E-state index is 11.8. The van der Waals surface area contributed by atoms with E-state index in [-0.39, 0.29) is 17.9 Å². The van der Waals surface area contributed by atoms with Crippen molar-refractivity contribution in [1.82, 2.24) is 10.4 Å². The average molecular weight is 329 g/mol. The number of nitro groups is 1. The van der Waals surface area contributed by atoms with Gasteiger partial charge in [0.25, 0.3) is 11.6 Å². The number of carbonyl (C=O) groups excluding carboxylic acids is 1. The first-order valence-electron chi connectivity index (χ1n) is 6.88. The molecule has 0 fully saturated rings. The van der Waals surface area contributed by atoms with Crippen LogP contribution in [0.15, 0.2) is 41.8 Å². The number of hydrogen-bond acceptors (Lipinski definition) is 7. The van der Waals surface area contributed by atoms with E-state index in [1.54, 1.807) is 6.92 Å². The summed E-state index contributed by atoms with van der Waals surface area (Å²) in [5.41, 5.74) is 2.26. The van der Waals surface area contributed by atoms with Gasteiger partial charge in [0.2, 0.25) is 0 Å². The fraction of sp³-hybridized carbons (Fsp3) is 0.133. The van der Waals surface area contributed by atoms with Crippen LogP contribution < -0.4 is 15.3 Å². The predicted octanol–water partition coefficient (Wildman–Crippen LogP) is 1.23. The zero-order valence-corrected chi connectivity index (χ0v) is 12.6. The van der Waals surface area contributed by atoms with Gasteiger partial charge in [0.15, 0.2) is 0 Å². The van der Waals surface area contributed by atoms with E-state index < -0.39 is 22.3 Å². The molecule has 24 heavy (non-hydrogen) atoms. The maximum Gasteiger partial charge on any atom is 0.271 e. The Morgan fingerprint density at radius 2 is 2.12 bits per heavy atom. The van der Waals surface area contributed by atoms with E-state index in [2.05, 4.69) is 15.5 Å². The highest BCUT2D eigenvalue weighted by atomic mass is 16.6. The van der Waals surface area contributed by atoms with E-state index in [0.717, 1.165) is 6.07 Å². The average Bonchev–Trinajstić information content (AvgIpc) is 2.58. The number of nitrogens with one attached hydrogen (secondary N) is 1.